The van der Waals surface area contributed by atoms with Crippen LogP contribution in [0, 0.1) is 0 Å². The van der Waals surface area contributed by atoms with E-state index in [1.165, 1.54) is 5.01 Å². The number of carbonyl (C=O) groups is 1. The molecule has 4 heteroatoms. The number of amides is 1. The van der Waals surface area contributed by atoms with Gasteiger partial charge in [-0.2, -0.15) is 10.1 Å². The highest BCUT2D eigenvalue weighted by atomic mass is 79.9. The SMILES string of the molecule is O=C1[C@@H](Br)C(c2ccccc2)=NN1c1ccccc1. The third-order valence-electron chi connectivity index (χ3n) is 2.94. The average Bonchev–Trinajstić information content (AvgIpc) is 2.77. The van der Waals surface area contributed by atoms with Crippen molar-refractivity contribution in [3.63, 3.8) is 0 Å². The van der Waals surface area contributed by atoms with Gasteiger partial charge in [0, 0.05) is 0 Å². The second-order valence-corrected chi connectivity index (χ2v) is 5.12. The van der Waals surface area contributed by atoms with Crippen LogP contribution in [0.2, 0.25) is 0 Å². The summed E-state index contributed by atoms with van der Waals surface area (Å²) in [6.45, 7) is 0. The summed E-state index contributed by atoms with van der Waals surface area (Å²) >= 11 is 3.42. The first-order valence-electron chi connectivity index (χ1n) is 5.94. The Morgan fingerprint density at radius 1 is 0.947 bits per heavy atom. The third kappa shape index (κ3) is 2.19. The first-order chi connectivity index (χ1) is 9.27. The summed E-state index contributed by atoms with van der Waals surface area (Å²) in [7, 11) is 0. The largest absolute Gasteiger partial charge is 0.271 e. The minimum Gasteiger partial charge on any atom is -0.271 e. The number of para-hydroxylation sites is 1. The van der Waals surface area contributed by atoms with Crippen LogP contribution in [0.4, 0.5) is 5.69 Å². The van der Waals surface area contributed by atoms with Crippen molar-refractivity contribution < 1.29 is 4.79 Å². The van der Waals surface area contributed by atoms with Gasteiger partial charge in [-0.25, -0.2) is 0 Å². The first-order valence-corrected chi connectivity index (χ1v) is 6.86. The molecule has 3 nitrogen and oxygen atoms in total. The van der Waals surface area contributed by atoms with E-state index in [4.69, 9.17) is 0 Å². The minimum atomic E-state index is -0.393. The van der Waals surface area contributed by atoms with E-state index in [2.05, 4.69) is 21.0 Å². The zero-order valence-electron chi connectivity index (χ0n) is 10.0. The zero-order valence-corrected chi connectivity index (χ0v) is 11.6. The van der Waals surface area contributed by atoms with Gasteiger partial charge in [0.1, 0.15) is 4.83 Å². The monoisotopic (exact) mass is 314 g/mol. The predicted molar refractivity (Wildman–Crippen MR) is 79.6 cm³/mol. The Labute approximate surface area is 119 Å². The maximum absolute atomic E-state index is 12.3. The van der Waals surface area contributed by atoms with Crippen LogP contribution in [0.5, 0.6) is 0 Å². The fourth-order valence-electron chi connectivity index (χ4n) is 2.00. The molecule has 1 aliphatic heterocycles. The van der Waals surface area contributed by atoms with Gasteiger partial charge in [-0.3, -0.25) is 4.79 Å². The molecule has 1 amide bonds. The molecular weight excluding hydrogens is 304 g/mol. The normalized spacial score (nSPS) is 18.6. The number of nitrogens with zero attached hydrogens (tertiary/aromatic N) is 2. The van der Waals surface area contributed by atoms with Gasteiger partial charge in [-0.15, -0.1) is 0 Å². The van der Waals surface area contributed by atoms with Crippen LogP contribution in [0.1, 0.15) is 5.56 Å². The molecule has 0 N–H and O–H groups in total. The molecule has 0 saturated carbocycles. The molecule has 3 rings (SSSR count). The number of rotatable bonds is 2. The van der Waals surface area contributed by atoms with Gasteiger partial charge >= 0.3 is 0 Å². The smallest absolute Gasteiger partial charge is 0.267 e. The Kier molecular flexibility index (Phi) is 3.17. The summed E-state index contributed by atoms with van der Waals surface area (Å²) in [5.41, 5.74) is 2.48. The number of anilines is 1. The van der Waals surface area contributed by atoms with Gasteiger partial charge < -0.3 is 0 Å². The zero-order chi connectivity index (χ0) is 13.2. The molecule has 0 unspecified atom stereocenters. The lowest BCUT2D eigenvalue weighted by atomic mass is 10.1. The van der Waals surface area contributed by atoms with Gasteiger partial charge in [-0.05, 0) is 17.7 Å². The highest BCUT2D eigenvalue weighted by Crippen LogP contribution is 2.26. The molecule has 0 saturated heterocycles. The number of carbonyl (C=O) groups excluding carboxylic acids is 1. The fourth-order valence-corrected chi connectivity index (χ4v) is 2.55. The molecule has 0 spiro atoms. The first kappa shape index (κ1) is 12.1. The Bertz CT molecular complexity index is 625. The van der Waals surface area contributed by atoms with E-state index in [0.29, 0.717) is 0 Å². The Morgan fingerprint density at radius 3 is 2.16 bits per heavy atom. The van der Waals surface area contributed by atoms with Crippen LogP contribution < -0.4 is 5.01 Å². The van der Waals surface area contributed by atoms with Gasteiger partial charge in [-0.1, -0.05) is 64.5 Å². The van der Waals surface area contributed by atoms with Gasteiger partial charge in [0.25, 0.3) is 5.91 Å². The van der Waals surface area contributed by atoms with Crippen LogP contribution in [0.3, 0.4) is 0 Å². The van der Waals surface area contributed by atoms with Crippen LogP contribution in [0.15, 0.2) is 65.8 Å². The second kappa shape index (κ2) is 4.97. The molecule has 0 radical (unpaired) electrons. The highest BCUT2D eigenvalue weighted by Gasteiger charge is 2.35. The number of hydrogen-bond donors (Lipinski definition) is 0. The molecular formula is C15H11BrN2O. The van der Waals surface area contributed by atoms with Crippen molar-refractivity contribution in [2.75, 3.05) is 5.01 Å². The number of hydrazone groups is 1. The molecule has 1 heterocycles. The summed E-state index contributed by atoms with van der Waals surface area (Å²) in [6.07, 6.45) is 0. The van der Waals surface area contributed by atoms with Gasteiger partial charge in [0.05, 0.1) is 11.4 Å². The minimum absolute atomic E-state index is 0.0648. The molecule has 1 aliphatic rings. The fraction of sp³-hybridized carbons (Fsp3) is 0.0667. The average molecular weight is 315 g/mol. The molecule has 0 aliphatic carbocycles. The summed E-state index contributed by atoms with van der Waals surface area (Å²) in [4.78, 5) is 11.9. The number of alkyl halides is 1. The number of hydrogen-bond acceptors (Lipinski definition) is 2. The highest BCUT2D eigenvalue weighted by molar-refractivity contribution is 9.10. The molecule has 2 aromatic rings. The van der Waals surface area contributed by atoms with E-state index in [1.807, 2.05) is 60.7 Å². The summed E-state index contributed by atoms with van der Waals surface area (Å²) in [5, 5.41) is 5.89. The Morgan fingerprint density at radius 2 is 1.53 bits per heavy atom. The van der Waals surface area contributed by atoms with Crippen LogP contribution in [-0.4, -0.2) is 16.4 Å². The molecule has 1 atom stereocenters. The molecule has 2 aromatic carbocycles. The van der Waals surface area contributed by atoms with E-state index in [-0.39, 0.29) is 5.91 Å². The quantitative estimate of drug-likeness (QED) is 0.783. The molecule has 19 heavy (non-hydrogen) atoms. The topological polar surface area (TPSA) is 32.7 Å². The second-order valence-electron chi connectivity index (χ2n) is 4.20. The van der Waals surface area contributed by atoms with E-state index < -0.39 is 4.83 Å². The Balaban J connectivity index is 2.01. The Hall–Kier alpha value is -1.94. The summed E-state index contributed by atoms with van der Waals surface area (Å²) < 4.78 is 0. The van der Waals surface area contributed by atoms with E-state index in [1.54, 1.807) is 0 Å². The van der Waals surface area contributed by atoms with Crippen molar-refractivity contribution in [1.29, 1.82) is 0 Å². The van der Waals surface area contributed by atoms with E-state index in [0.717, 1.165) is 17.0 Å². The molecule has 0 bridgehead atoms. The number of benzene rings is 2. The van der Waals surface area contributed by atoms with Crippen LogP contribution in [-0.2, 0) is 4.79 Å². The molecule has 0 fully saturated rings. The van der Waals surface area contributed by atoms with Crippen molar-refractivity contribution in [3.8, 4) is 0 Å². The third-order valence-corrected chi connectivity index (χ3v) is 3.77. The molecule has 94 valence electrons. The summed E-state index contributed by atoms with van der Waals surface area (Å²) in [5.74, 6) is -0.0648. The standard InChI is InChI=1S/C15H11BrN2O/c16-13-14(11-7-3-1-4-8-11)17-18(15(13)19)12-9-5-2-6-10-12/h1-10,13H/t13-/m0/s1. The van der Waals surface area contributed by atoms with Crippen molar-refractivity contribution in [1.82, 2.24) is 0 Å². The predicted octanol–water partition coefficient (Wildman–Crippen LogP) is 3.20. The molecule has 0 aromatic heterocycles. The summed E-state index contributed by atoms with van der Waals surface area (Å²) in [6, 6.07) is 19.2. The lowest BCUT2D eigenvalue weighted by Gasteiger charge is -2.11. The van der Waals surface area contributed by atoms with E-state index >= 15 is 0 Å². The lowest BCUT2D eigenvalue weighted by molar-refractivity contribution is -0.116. The number of halogens is 1. The van der Waals surface area contributed by atoms with Crippen LogP contribution in [0.25, 0.3) is 0 Å². The van der Waals surface area contributed by atoms with Crippen molar-refractivity contribution in [2.24, 2.45) is 5.10 Å². The van der Waals surface area contributed by atoms with Crippen molar-refractivity contribution >= 4 is 33.2 Å². The van der Waals surface area contributed by atoms with Gasteiger partial charge in [0.15, 0.2) is 0 Å². The van der Waals surface area contributed by atoms with Crippen molar-refractivity contribution in [2.45, 2.75) is 4.83 Å². The van der Waals surface area contributed by atoms with E-state index in [9.17, 15) is 4.79 Å². The lowest BCUT2D eigenvalue weighted by Crippen LogP contribution is -2.27. The van der Waals surface area contributed by atoms with Crippen molar-refractivity contribution in [3.05, 3.63) is 66.2 Å². The van der Waals surface area contributed by atoms with Crippen LogP contribution >= 0.6 is 15.9 Å². The maximum atomic E-state index is 12.3. The maximum Gasteiger partial charge on any atom is 0.267 e. The van der Waals surface area contributed by atoms with Gasteiger partial charge in [0.2, 0.25) is 0 Å².